The molecule has 0 saturated carbocycles. The van der Waals surface area contributed by atoms with Crippen LogP contribution in [-0.4, -0.2) is 28.5 Å². The Morgan fingerprint density at radius 1 is 1.50 bits per heavy atom. The second kappa shape index (κ2) is 3.29. The molecule has 0 aliphatic carbocycles. The first-order valence-electron chi connectivity index (χ1n) is 4.32. The minimum absolute atomic E-state index is 0.223. The van der Waals surface area contributed by atoms with Gasteiger partial charge in [-0.1, -0.05) is 20.8 Å². The number of carbonyl (C=O) groups excluding carboxylic acids is 1. The van der Waals surface area contributed by atoms with Crippen LogP contribution in [0, 0.1) is 5.41 Å². The van der Waals surface area contributed by atoms with Gasteiger partial charge in [0.2, 0.25) is 5.91 Å². The largest absolute Gasteiger partial charge is 0.329 e. The summed E-state index contributed by atoms with van der Waals surface area (Å²) in [4.78, 5) is 13.8. The van der Waals surface area contributed by atoms with Crippen molar-refractivity contribution >= 4 is 17.7 Å². The van der Waals surface area contributed by atoms with Gasteiger partial charge in [0, 0.05) is 17.2 Å². The van der Waals surface area contributed by atoms with Gasteiger partial charge in [0.05, 0.1) is 5.88 Å². The van der Waals surface area contributed by atoms with E-state index in [1.165, 1.54) is 0 Å². The average Bonchev–Trinajstić information content (AvgIpc) is 2.31. The fourth-order valence-electron chi connectivity index (χ4n) is 1.23. The van der Waals surface area contributed by atoms with Crippen LogP contribution in [0.4, 0.5) is 0 Å². The number of rotatable bonds is 0. The fraction of sp³-hybridized carbons (Fsp3) is 0.889. The van der Waals surface area contributed by atoms with E-state index in [1.807, 2.05) is 37.4 Å². The molecule has 1 amide bonds. The Kier molecular flexibility index (Phi) is 2.71. The maximum Gasteiger partial charge on any atom is 0.228 e. The molecule has 0 unspecified atom stereocenters. The Hall–Kier alpha value is -0.180. The van der Waals surface area contributed by atoms with Gasteiger partial charge in [-0.2, -0.15) is 0 Å². The summed E-state index contributed by atoms with van der Waals surface area (Å²) < 4.78 is 0. The number of nitrogens with zero attached hydrogens (tertiary/aromatic N) is 1. The Labute approximate surface area is 78.7 Å². The molecule has 1 heterocycles. The summed E-state index contributed by atoms with van der Waals surface area (Å²) in [6.45, 7) is 8.05. The molecular weight excluding hydrogens is 170 g/mol. The highest BCUT2D eigenvalue weighted by Gasteiger charge is 2.32. The maximum absolute atomic E-state index is 11.8. The molecule has 0 aromatic carbocycles. The first-order valence-corrected chi connectivity index (χ1v) is 5.47. The van der Waals surface area contributed by atoms with E-state index in [1.54, 1.807) is 0 Å². The minimum Gasteiger partial charge on any atom is -0.329 e. The van der Waals surface area contributed by atoms with Crippen molar-refractivity contribution in [1.29, 1.82) is 0 Å². The molecule has 0 bridgehead atoms. The standard InChI is InChI=1S/C9H17NOS/c1-7-5-12-6-10(7)8(11)9(2,3)4/h7H,5-6H2,1-4H3/t7-/m0/s1. The summed E-state index contributed by atoms with van der Waals surface area (Å²) in [5.41, 5.74) is -0.223. The lowest BCUT2D eigenvalue weighted by atomic mass is 9.94. The normalized spacial score (nSPS) is 24.7. The summed E-state index contributed by atoms with van der Waals surface area (Å²) in [5.74, 6) is 2.24. The van der Waals surface area contributed by atoms with E-state index in [9.17, 15) is 4.79 Å². The summed E-state index contributed by atoms with van der Waals surface area (Å²) >= 11 is 1.84. The predicted octanol–water partition coefficient (Wildman–Crippen LogP) is 1.95. The van der Waals surface area contributed by atoms with Gasteiger partial charge in [-0.3, -0.25) is 4.79 Å². The Bertz CT molecular complexity index is 185. The van der Waals surface area contributed by atoms with E-state index in [-0.39, 0.29) is 11.3 Å². The molecule has 0 N–H and O–H groups in total. The highest BCUT2D eigenvalue weighted by atomic mass is 32.2. The molecule has 1 rings (SSSR count). The van der Waals surface area contributed by atoms with Crippen molar-refractivity contribution < 1.29 is 4.79 Å². The second-order valence-corrected chi connectivity index (χ2v) is 5.37. The van der Waals surface area contributed by atoms with Gasteiger partial charge >= 0.3 is 0 Å². The van der Waals surface area contributed by atoms with Crippen LogP contribution in [-0.2, 0) is 4.79 Å². The number of hydrogen-bond acceptors (Lipinski definition) is 2. The molecule has 1 fully saturated rings. The quantitative estimate of drug-likeness (QED) is 0.578. The summed E-state index contributed by atoms with van der Waals surface area (Å²) in [7, 11) is 0. The van der Waals surface area contributed by atoms with Crippen LogP contribution < -0.4 is 0 Å². The van der Waals surface area contributed by atoms with E-state index in [2.05, 4.69) is 6.92 Å². The number of carbonyl (C=O) groups is 1. The molecule has 1 saturated heterocycles. The highest BCUT2D eigenvalue weighted by Crippen LogP contribution is 2.26. The van der Waals surface area contributed by atoms with Crippen LogP contribution in [0.3, 0.4) is 0 Å². The highest BCUT2D eigenvalue weighted by molar-refractivity contribution is 7.99. The zero-order valence-electron chi connectivity index (χ0n) is 8.26. The molecule has 70 valence electrons. The molecule has 12 heavy (non-hydrogen) atoms. The lowest BCUT2D eigenvalue weighted by Crippen LogP contribution is -2.41. The first kappa shape index (κ1) is 9.90. The van der Waals surface area contributed by atoms with Crippen molar-refractivity contribution in [3.05, 3.63) is 0 Å². The van der Waals surface area contributed by atoms with Crippen LogP contribution in [0.25, 0.3) is 0 Å². The van der Waals surface area contributed by atoms with E-state index in [4.69, 9.17) is 0 Å². The fourth-order valence-corrected chi connectivity index (χ4v) is 2.42. The Morgan fingerprint density at radius 2 is 2.08 bits per heavy atom. The third-order valence-corrected chi connectivity index (χ3v) is 3.20. The van der Waals surface area contributed by atoms with Crippen LogP contribution in [0.2, 0.25) is 0 Å². The van der Waals surface area contributed by atoms with Crippen LogP contribution in [0.5, 0.6) is 0 Å². The summed E-state index contributed by atoms with van der Waals surface area (Å²) in [6.07, 6.45) is 0. The van der Waals surface area contributed by atoms with Gasteiger partial charge in [-0.15, -0.1) is 11.8 Å². The molecule has 0 aromatic heterocycles. The third kappa shape index (κ3) is 1.94. The van der Waals surface area contributed by atoms with Gasteiger partial charge in [0.25, 0.3) is 0 Å². The monoisotopic (exact) mass is 187 g/mol. The minimum atomic E-state index is -0.223. The number of thioether (sulfide) groups is 1. The maximum atomic E-state index is 11.8. The molecular formula is C9H17NOS. The lowest BCUT2D eigenvalue weighted by Gasteiger charge is -2.28. The Balaban J connectivity index is 2.64. The van der Waals surface area contributed by atoms with Crippen LogP contribution >= 0.6 is 11.8 Å². The molecule has 0 spiro atoms. The Morgan fingerprint density at radius 3 is 2.42 bits per heavy atom. The van der Waals surface area contributed by atoms with Crippen LogP contribution in [0.15, 0.2) is 0 Å². The smallest absolute Gasteiger partial charge is 0.228 e. The predicted molar refractivity (Wildman–Crippen MR) is 53.1 cm³/mol. The molecule has 1 atom stereocenters. The number of hydrogen-bond donors (Lipinski definition) is 0. The number of amides is 1. The molecule has 2 nitrogen and oxygen atoms in total. The SMILES string of the molecule is C[C@H]1CSCN1C(=O)C(C)(C)C. The van der Waals surface area contributed by atoms with Crippen LogP contribution in [0.1, 0.15) is 27.7 Å². The topological polar surface area (TPSA) is 20.3 Å². The zero-order valence-corrected chi connectivity index (χ0v) is 9.07. The zero-order chi connectivity index (χ0) is 9.35. The molecule has 0 aromatic rings. The molecule has 1 aliphatic heterocycles. The van der Waals surface area contributed by atoms with E-state index in [0.29, 0.717) is 6.04 Å². The van der Waals surface area contributed by atoms with Crippen molar-refractivity contribution in [2.24, 2.45) is 5.41 Å². The van der Waals surface area contributed by atoms with Crippen molar-refractivity contribution in [3.63, 3.8) is 0 Å². The molecule has 0 radical (unpaired) electrons. The lowest BCUT2D eigenvalue weighted by molar-refractivity contribution is -0.139. The van der Waals surface area contributed by atoms with Gasteiger partial charge in [-0.05, 0) is 6.92 Å². The second-order valence-electron chi connectivity index (χ2n) is 4.37. The summed E-state index contributed by atoms with van der Waals surface area (Å²) in [6, 6.07) is 0.418. The molecule has 3 heteroatoms. The van der Waals surface area contributed by atoms with Gasteiger partial charge in [-0.25, -0.2) is 0 Å². The van der Waals surface area contributed by atoms with Crippen molar-refractivity contribution in [2.75, 3.05) is 11.6 Å². The van der Waals surface area contributed by atoms with Crippen molar-refractivity contribution in [1.82, 2.24) is 4.90 Å². The van der Waals surface area contributed by atoms with E-state index < -0.39 is 0 Å². The average molecular weight is 187 g/mol. The van der Waals surface area contributed by atoms with E-state index in [0.717, 1.165) is 11.6 Å². The van der Waals surface area contributed by atoms with Crippen molar-refractivity contribution in [3.8, 4) is 0 Å². The van der Waals surface area contributed by atoms with Gasteiger partial charge in [0.15, 0.2) is 0 Å². The van der Waals surface area contributed by atoms with E-state index >= 15 is 0 Å². The molecule has 1 aliphatic rings. The first-order chi connectivity index (χ1) is 5.43. The summed E-state index contributed by atoms with van der Waals surface area (Å²) in [5, 5.41) is 0. The van der Waals surface area contributed by atoms with Crippen molar-refractivity contribution in [2.45, 2.75) is 33.7 Å². The van der Waals surface area contributed by atoms with Gasteiger partial charge in [0.1, 0.15) is 0 Å². The van der Waals surface area contributed by atoms with Gasteiger partial charge < -0.3 is 4.90 Å². The third-order valence-electron chi connectivity index (χ3n) is 2.02.